The number of carboxylic acid groups (broad SMARTS) is 1. The second-order valence-electron chi connectivity index (χ2n) is 4.46. The molecule has 2 N–H and O–H groups in total. The van der Waals surface area contributed by atoms with Crippen LogP contribution < -0.4 is 5.32 Å². The number of rotatable bonds is 3. The maximum absolute atomic E-state index is 11.4. The minimum absolute atomic E-state index is 0.0410. The average Bonchev–Trinajstić information content (AvgIpc) is 2.46. The highest BCUT2D eigenvalue weighted by Crippen LogP contribution is 2.23. The van der Waals surface area contributed by atoms with Crippen LogP contribution in [0.3, 0.4) is 0 Å². The Hall–Kier alpha value is -1.56. The fraction of sp³-hybridized carbons (Fsp3) is 0.455. The van der Waals surface area contributed by atoms with Crippen molar-refractivity contribution in [2.75, 3.05) is 5.32 Å². The molecule has 1 rings (SSSR count). The molecule has 0 saturated carbocycles. The van der Waals surface area contributed by atoms with Crippen molar-refractivity contribution < 1.29 is 19.4 Å². The zero-order valence-electron chi connectivity index (χ0n) is 9.94. The molecule has 0 aliphatic rings. The Morgan fingerprint density at radius 1 is 1.41 bits per heavy atom. The number of hydrogen-bond donors (Lipinski definition) is 2. The number of ether oxygens (including phenoxy) is 1. The van der Waals surface area contributed by atoms with Gasteiger partial charge in [0, 0.05) is 4.88 Å². The van der Waals surface area contributed by atoms with Crippen molar-refractivity contribution in [2.45, 2.75) is 32.8 Å². The van der Waals surface area contributed by atoms with Gasteiger partial charge in [-0.3, -0.25) is 10.1 Å². The molecule has 0 spiro atoms. The Bertz CT molecular complexity index is 419. The van der Waals surface area contributed by atoms with Gasteiger partial charge in [-0.2, -0.15) is 0 Å². The molecule has 6 heteroatoms. The third-order valence-corrected chi connectivity index (χ3v) is 2.61. The molecule has 1 heterocycles. The van der Waals surface area contributed by atoms with Crippen LogP contribution in [0.2, 0.25) is 0 Å². The smallest absolute Gasteiger partial charge is 0.412 e. The number of hydrogen-bond acceptors (Lipinski definition) is 4. The molecule has 0 unspecified atom stereocenters. The lowest BCUT2D eigenvalue weighted by Gasteiger charge is -2.19. The number of nitrogens with one attached hydrogen (secondary N) is 1. The molecule has 1 amide bonds. The molecule has 0 fully saturated rings. The van der Waals surface area contributed by atoms with Gasteiger partial charge in [-0.05, 0) is 32.9 Å². The van der Waals surface area contributed by atoms with Gasteiger partial charge in [-0.25, -0.2) is 4.79 Å². The Morgan fingerprint density at radius 2 is 2.06 bits per heavy atom. The van der Waals surface area contributed by atoms with Crippen molar-refractivity contribution >= 4 is 28.4 Å². The highest BCUT2D eigenvalue weighted by molar-refractivity contribution is 7.16. The topological polar surface area (TPSA) is 75.6 Å². The van der Waals surface area contributed by atoms with Gasteiger partial charge in [0.1, 0.15) is 5.60 Å². The van der Waals surface area contributed by atoms with Gasteiger partial charge in [-0.15, -0.1) is 11.3 Å². The first-order valence-corrected chi connectivity index (χ1v) is 5.88. The van der Waals surface area contributed by atoms with Gasteiger partial charge in [0.15, 0.2) is 0 Å². The van der Waals surface area contributed by atoms with E-state index in [1.165, 1.54) is 11.3 Å². The molecule has 0 bridgehead atoms. The third kappa shape index (κ3) is 5.35. The number of carboxylic acids is 1. The van der Waals surface area contributed by atoms with E-state index in [1.807, 2.05) is 0 Å². The molecule has 0 saturated heterocycles. The summed E-state index contributed by atoms with van der Waals surface area (Å²) in [5, 5.41) is 11.7. The first-order valence-electron chi connectivity index (χ1n) is 5.07. The third-order valence-electron chi connectivity index (χ3n) is 1.61. The zero-order chi connectivity index (χ0) is 13.1. The van der Waals surface area contributed by atoms with Crippen molar-refractivity contribution in [1.82, 2.24) is 0 Å². The van der Waals surface area contributed by atoms with Crippen LogP contribution in [0.5, 0.6) is 0 Å². The van der Waals surface area contributed by atoms with E-state index in [0.29, 0.717) is 9.88 Å². The van der Waals surface area contributed by atoms with Crippen molar-refractivity contribution in [3.63, 3.8) is 0 Å². The maximum atomic E-state index is 11.4. The summed E-state index contributed by atoms with van der Waals surface area (Å²) in [5.74, 6) is -0.893. The summed E-state index contributed by atoms with van der Waals surface area (Å²) in [6.45, 7) is 5.32. The first kappa shape index (κ1) is 13.5. The molecule has 1 aromatic heterocycles. The number of carbonyl (C=O) groups is 2. The van der Waals surface area contributed by atoms with Gasteiger partial charge < -0.3 is 9.84 Å². The van der Waals surface area contributed by atoms with Gasteiger partial charge >= 0.3 is 12.1 Å². The molecular weight excluding hydrogens is 242 g/mol. The van der Waals surface area contributed by atoms with Gasteiger partial charge in [-0.1, -0.05) is 0 Å². The fourth-order valence-electron chi connectivity index (χ4n) is 1.09. The Balaban J connectivity index is 2.55. The largest absolute Gasteiger partial charge is 0.481 e. The summed E-state index contributed by atoms with van der Waals surface area (Å²) in [7, 11) is 0. The van der Waals surface area contributed by atoms with Gasteiger partial charge in [0.2, 0.25) is 0 Å². The van der Waals surface area contributed by atoms with Crippen LogP contribution in [0.4, 0.5) is 9.80 Å². The van der Waals surface area contributed by atoms with E-state index in [2.05, 4.69) is 5.32 Å². The molecule has 0 radical (unpaired) electrons. The summed E-state index contributed by atoms with van der Waals surface area (Å²) >= 11 is 1.22. The highest BCUT2D eigenvalue weighted by Gasteiger charge is 2.16. The number of aliphatic carboxylic acids is 1. The molecule has 17 heavy (non-hydrogen) atoms. The standard InChI is InChI=1S/C11H15NO4S/c1-11(2,3)16-10(15)12-8-5-4-7(17-8)6-9(13)14/h4-5H,6H2,1-3H3,(H,12,15)(H,13,14). The Labute approximate surface area is 103 Å². The van der Waals surface area contributed by atoms with E-state index in [9.17, 15) is 9.59 Å². The molecule has 0 aromatic carbocycles. The van der Waals surface area contributed by atoms with Crippen molar-refractivity contribution in [2.24, 2.45) is 0 Å². The minimum atomic E-state index is -0.893. The molecule has 5 nitrogen and oxygen atoms in total. The molecular formula is C11H15NO4S. The first-order chi connectivity index (χ1) is 7.76. The van der Waals surface area contributed by atoms with Crippen LogP contribution in [-0.4, -0.2) is 22.8 Å². The van der Waals surface area contributed by atoms with Crippen LogP contribution in [-0.2, 0) is 16.0 Å². The molecule has 0 atom stereocenters. The van der Waals surface area contributed by atoms with E-state index in [0.717, 1.165) is 0 Å². The fourth-order valence-corrected chi connectivity index (χ4v) is 1.98. The second-order valence-corrected chi connectivity index (χ2v) is 5.63. The van der Waals surface area contributed by atoms with E-state index in [1.54, 1.807) is 32.9 Å². The summed E-state index contributed by atoms with van der Waals surface area (Å²) in [4.78, 5) is 22.6. The summed E-state index contributed by atoms with van der Waals surface area (Å²) in [6, 6.07) is 3.33. The minimum Gasteiger partial charge on any atom is -0.481 e. The Kier molecular flexibility index (Phi) is 4.11. The van der Waals surface area contributed by atoms with Crippen LogP contribution in [0.1, 0.15) is 25.6 Å². The predicted molar refractivity (Wildman–Crippen MR) is 65.5 cm³/mol. The average molecular weight is 257 g/mol. The van der Waals surface area contributed by atoms with Crippen molar-refractivity contribution in [3.05, 3.63) is 17.0 Å². The second kappa shape index (κ2) is 5.18. The molecule has 94 valence electrons. The lowest BCUT2D eigenvalue weighted by molar-refractivity contribution is -0.136. The number of anilines is 1. The van der Waals surface area contributed by atoms with Crippen LogP contribution in [0.15, 0.2) is 12.1 Å². The molecule has 0 aliphatic carbocycles. The van der Waals surface area contributed by atoms with E-state index in [4.69, 9.17) is 9.84 Å². The van der Waals surface area contributed by atoms with Gasteiger partial charge in [0.05, 0.1) is 11.4 Å². The molecule has 0 aliphatic heterocycles. The summed E-state index contributed by atoms with van der Waals surface area (Å²) < 4.78 is 5.07. The highest BCUT2D eigenvalue weighted by atomic mass is 32.1. The van der Waals surface area contributed by atoms with Crippen molar-refractivity contribution in [3.8, 4) is 0 Å². The zero-order valence-corrected chi connectivity index (χ0v) is 10.8. The number of carbonyl (C=O) groups excluding carboxylic acids is 1. The monoisotopic (exact) mass is 257 g/mol. The van der Waals surface area contributed by atoms with Crippen LogP contribution in [0.25, 0.3) is 0 Å². The van der Waals surface area contributed by atoms with Crippen LogP contribution in [0, 0.1) is 0 Å². The van der Waals surface area contributed by atoms with E-state index >= 15 is 0 Å². The Morgan fingerprint density at radius 3 is 2.59 bits per heavy atom. The van der Waals surface area contributed by atoms with Crippen LogP contribution >= 0.6 is 11.3 Å². The normalized spacial score (nSPS) is 11.0. The van der Waals surface area contributed by atoms with Crippen molar-refractivity contribution in [1.29, 1.82) is 0 Å². The lowest BCUT2D eigenvalue weighted by atomic mass is 10.2. The molecule has 1 aromatic rings. The quantitative estimate of drug-likeness (QED) is 0.873. The number of amides is 1. The number of thiophene rings is 1. The predicted octanol–water partition coefficient (Wildman–Crippen LogP) is 2.72. The summed E-state index contributed by atoms with van der Waals surface area (Å²) in [6.07, 6.45) is -0.582. The lowest BCUT2D eigenvalue weighted by Crippen LogP contribution is -2.26. The van der Waals surface area contributed by atoms with Gasteiger partial charge in [0.25, 0.3) is 0 Å². The van der Waals surface area contributed by atoms with E-state index in [-0.39, 0.29) is 6.42 Å². The summed E-state index contributed by atoms with van der Waals surface area (Å²) in [5.41, 5.74) is -0.550. The maximum Gasteiger partial charge on any atom is 0.412 e. The van der Waals surface area contributed by atoms with E-state index < -0.39 is 17.7 Å². The SMILES string of the molecule is CC(C)(C)OC(=O)Nc1ccc(CC(=O)O)s1.